The Morgan fingerprint density at radius 2 is 1.53 bits per heavy atom. The van der Waals surface area contributed by atoms with Crippen LogP contribution >= 0.6 is 0 Å². The monoisotopic (exact) mass is 254 g/mol. The summed E-state index contributed by atoms with van der Waals surface area (Å²) in [5.41, 5.74) is 2.77. The van der Waals surface area contributed by atoms with Gasteiger partial charge in [-0.2, -0.15) is 0 Å². The van der Waals surface area contributed by atoms with E-state index in [9.17, 15) is 0 Å². The number of rotatable bonds is 7. The van der Waals surface area contributed by atoms with Crippen LogP contribution in [-0.2, 0) is 12.8 Å². The standard InChI is InChI=1S/C18H22O/c1-2-16-11-13-18(14-12-16)19-15-7-6-10-17-8-4-3-5-9-17/h3-5,8-9,11-14H,2,6-7,10,15H2,1H3. The van der Waals surface area contributed by atoms with E-state index in [0.717, 1.165) is 31.6 Å². The van der Waals surface area contributed by atoms with Crippen LogP contribution in [0, 0.1) is 0 Å². The molecule has 0 saturated carbocycles. The van der Waals surface area contributed by atoms with Crippen LogP contribution in [0.25, 0.3) is 0 Å². The fourth-order valence-corrected chi connectivity index (χ4v) is 2.09. The minimum Gasteiger partial charge on any atom is -0.494 e. The number of hydrogen-bond acceptors (Lipinski definition) is 1. The minimum absolute atomic E-state index is 0.804. The van der Waals surface area contributed by atoms with Crippen LogP contribution in [-0.4, -0.2) is 6.61 Å². The highest BCUT2D eigenvalue weighted by Gasteiger charge is 1.96. The molecule has 0 aromatic heterocycles. The van der Waals surface area contributed by atoms with E-state index < -0.39 is 0 Å². The molecule has 100 valence electrons. The quantitative estimate of drug-likeness (QED) is 0.653. The third-order valence-electron chi connectivity index (χ3n) is 3.30. The highest BCUT2D eigenvalue weighted by Crippen LogP contribution is 2.13. The molecular weight excluding hydrogens is 232 g/mol. The van der Waals surface area contributed by atoms with Gasteiger partial charge in [0, 0.05) is 0 Å². The molecule has 2 aromatic rings. The van der Waals surface area contributed by atoms with Crippen molar-refractivity contribution in [3.05, 3.63) is 65.7 Å². The van der Waals surface area contributed by atoms with E-state index in [-0.39, 0.29) is 0 Å². The van der Waals surface area contributed by atoms with Crippen LogP contribution in [0.2, 0.25) is 0 Å². The van der Waals surface area contributed by atoms with Gasteiger partial charge < -0.3 is 4.74 Å². The summed E-state index contributed by atoms with van der Waals surface area (Å²) < 4.78 is 5.74. The van der Waals surface area contributed by atoms with E-state index >= 15 is 0 Å². The summed E-state index contributed by atoms with van der Waals surface area (Å²) in [4.78, 5) is 0. The molecule has 0 amide bonds. The molecule has 19 heavy (non-hydrogen) atoms. The predicted octanol–water partition coefficient (Wildman–Crippen LogP) is 4.65. The lowest BCUT2D eigenvalue weighted by molar-refractivity contribution is 0.307. The number of ether oxygens (including phenoxy) is 1. The lowest BCUT2D eigenvalue weighted by Crippen LogP contribution is -1.98. The summed E-state index contributed by atoms with van der Waals surface area (Å²) in [5.74, 6) is 0.983. The molecule has 0 bridgehead atoms. The second-order valence-electron chi connectivity index (χ2n) is 4.79. The molecule has 0 spiro atoms. The van der Waals surface area contributed by atoms with Crippen molar-refractivity contribution in [1.82, 2.24) is 0 Å². The van der Waals surface area contributed by atoms with Crippen molar-refractivity contribution >= 4 is 0 Å². The van der Waals surface area contributed by atoms with Crippen LogP contribution in [0.3, 0.4) is 0 Å². The molecule has 0 unspecified atom stereocenters. The normalized spacial score (nSPS) is 10.4. The Kier molecular flexibility index (Phi) is 5.49. The Bertz CT molecular complexity index is 459. The fraction of sp³-hybridized carbons (Fsp3) is 0.333. The van der Waals surface area contributed by atoms with Gasteiger partial charge in [-0.1, -0.05) is 49.4 Å². The summed E-state index contributed by atoms with van der Waals surface area (Å²) in [6, 6.07) is 19.0. The van der Waals surface area contributed by atoms with Gasteiger partial charge in [0.25, 0.3) is 0 Å². The van der Waals surface area contributed by atoms with E-state index in [1.807, 2.05) is 0 Å². The molecule has 0 aliphatic rings. The lowest BCUT2D eigenvalue weighted by atomic mass is 10.1. The van der Waals surface area contributed by atoms with Crippen molar-refractivity contribution in [2.75, 3.05) is 6.61 Å². The minimum atomic E-state index is 0.804. The van der Waals surface area contributed by atoms with E-state index in [0.29, 0.717) is 0 Å². The molecule has 0 N–H and O–H groups in total. The van der Waals surface area contributed by atoms with Crippen molar-refractivity contribution in [3.63, 3.8) is 0 Å². The molecule has 2 rings (SSSR count). The zero-order valence-corrected chi connectivity index (χ0v) is 11.6. The van der Waals surface area contributed by atoms with Crippen LogP contribution in [0.15, 0.2) is 54.6 Å². The van der Waals surface area contributed by atoms with Gasteiger partial charge in [-0.05, 0) is 48.9 Å². The highest BCUT2D eigenvalue weighted by molar-refractivity contribution is 5.27. The Hall–Kier alpha value is -1.76. The second-order valence-corrected chi connectivity index (χ2v) is 4.79. The van der Waals surface area contributed by atoms with Crippen molar-refractivity contribution in [2.24, 2.45) is 0 Å². The van der Waals surface area contributed by atoms with Gasteiger partial charge in [0.2, 0.25) is 0 Å². The first kappa shape index (κ1) is 13.7. The molecular formula is C18H22O. The van der Waals surface area contributed by atoms with Gasteiger partial charge in [0.15, 0.2) is 0 Å². The van der Waals surface area contributed by atoms with Gasteiger partial charge >= 0.3 is 0 Å². The Morgan fingerprint density at radius 1 is 0.789 bits per heavy atom. The largest absolute Gasteiger partial charge is 0.494 e. The van der Waals surface area contributed by atoms with E-state index in [1.54, 1.807) is 0 Å². The predicted molar refractivity (Wildman–Crippen MR) is 80.7 cm³/mol. The van der Waals surface area contributed by atoms with Crippen LogP contribution in [0.4, 0.5) is 0 Å². The Balaban J connectivity index is 1.63. The maximum absolute atomic E-state index is 5.74. The number of benzene rings is 2. The molecule has 0 heterocycles. The third-order valence-corrected chi connectivity index (χ3v) is 3.30. The summed E-state index contributed by atoms with van der Waals surface area (Å²) >= 11 is 0. The van der Waals surface area contributed by atoms with Crippen LogP contribution in [0.5, 0.6) is 5.75 Å². The molecule has 1 heteroatoms. The molecule has 1 nitrogen and oxygen atoms in total. The topological polar surface area (TPSA) is 9.23 Å². The van der Waals surface area contributed by atoms with Crippen molar-refractivity contribution < 1.29 is 4.74 Å². The molecule has 0 fully saturated rings. The average molecular weight is 254 g/mol. The SMILES string of the molecule is CCc1ccc(OCCCCc2ccccc2)cc1. The maximum atomic E-state index is 5.74. The lowest BCUT2D eigenvalue weighted by Gasteiger charge is -2.07. The number of aryl methyl sites for hydroxylation is 2. The van der Waals surface area contributed by atoms with Gasteiger partial charge in [-0.3, -0.25) is 0 Å². The number of unbranched alkanes of at least 4 members (excludes halogenated alkanes) is 1. The molecule has 0 aliphatic heterocycles. The molecule has 0 aliphatic carbocycles. The molecule has 2 aromatic carbocycles. The first-order chi connectivity index (χ1) is 9.38. The van der Waals surface area contributed by atoms with Gasteiger partial charge in [0.1, 0.15) is 5.75 Å². The molecule has 0 saturated heterocycles. The smallest absolute Gasteiger partial charge is 0.119 e. The van der Waals surface area contributed by atoms with Gasteiger partial charge in [-0.15, -0.1) is 0 Å². The zero-order chi connectivity index (χ0) is 13.3. The summed E-state index contributed by atoms with van der Waals surface area (Å²) in [6.45, 7) is 2.97. The highest BCUT2D eigenvalue weighted by atomic mass is 16.5. The van der Waals surface area contributed by atoms with E-state index in [1.165, 1.54) is 17.5 Å². The Morgan fingerprint density at radius 3 is 2.21 bits per heavy atom. The fourth-order valence-electron chi connectivity index (χ4n) is 2.09. The van der Waals surface area contributed by atoms with Crippen molar-refractivity contribution in [3.8, 4) is 5.75 Å². The summed E-state index contributed by atoms with van der Waals surface area (Å²) in [5, 5.41) is 0. The van der Waals surface area contributed by atoms with Crippen LogP contribution < -0.4 is 4.74 Å². The van der Waals surface area contributed by atoms with Crippen molar-refractivity contribution in [2.45, 2.75) is 32.6 Å². The first-order valence-electron chi connectivity index (χ1n) is 7.14. The Labute approximate surface area is 116 Å². The van der Waals surface area contributed by atoms with Gasteiger partial charge in [0.05, 0.1) is 6.61 Å². The van der Waals surface area contributed by atoms with E-state index in [4.69, 9.17) is 4.74 Å². The molecule has 0 radical (unpaired) electrons. The number of hydrogen-bond donors (Lipinski definition) is 0. The molecule has 0 atom stereocenters. The van der Waals surface area contributed by atoms with Crippen molar-refractivity contribution in [1.29, 1.82) is 0 Å². The summed E-state index contributed by atoms with van der Waals surface area (Å²) in [7, 11) is 0. The zero-order valence-electron chi connectivity index (χ0n) is 11.6. The maximum Gasteiger partial charge on any atom is 0.119 e. The third kappa shape index (κ3) is 4.78. The summed E-state index contributed by atoms with van der Waals surface area (Å²) in [6.07, 6.45) is 4.50. The van der Waals surface area contributed by atoms with Crippen LogP contribution in [0.1, 0.15) is 30.9 Å². The average Bonchev–Trinajstić information content (AvgIpc) is 2.49. The van der Waals surface area contributed by atoms with Gasteiger partial charge in [-0.25, -0.2) is 0 Å². The van der Waals surface area contributed by atoms with E-state index in [2.05, 4.69) is 61.5 Å². The first-order valence-corrected chi connectivity index (χ1v) is 7.14. The second kappa shape index (κ2) is 7.63.